The molecule has 3 aromatic rings. The van der Waals surface area contributed by atoms with E-state index in [1.165, 1.54) is 18.0 Å². The van der Waals surface area contributed by atoms with Crippen molar-refractivity contribution >= 4 is 9.84 Å². The number of likely N-dealkylation sites (tertiary alicyclic amines) is 1. The minimum Gasteiger partial charge on any atom is -0.299 e. The van der Waals surface area contributed by atoms with Crippen LogP contribution in [-0.2, 0) is 23.4 Å². The van der Waals surface area contributed by atoms with Crippen LogP contribution in [-0.4, -0.2) is 57.4 Å². The molecule has 0 aliphatic carbocycles. The number of hydrogen-bond acceptors (Lipinski definition) is 7. The first kappa shape index (κ1) is 20.6. The third-order valence-corrected chi connectivity index (χ3v) is 6.67. The minimum absolute atomic E-state index is 0.0754. The number of rotatable bonds is 5. The number of nitrogens with zero attached hydrogens (tertiary/aromatic N) is 6. The average Bonchev–Trinajstić information content (AvgIpc) is 3.05. The largest absolute Gasteiger partial charge is 0.299 e. The van der Waals surface area contributed by atoms with E-state index in [1.807, 2.05) is 36.9 Å². The SMILES string of the molecule is Cc1nn(C)cc1CN1CCC(c2nc(-c3ccccn3)ncc2S(C)(=O)=O)CC1. The molecule has 1 fully saturated rings. The van der Waals surface area contributed by atoms with Gasteiger partial charge in [0, 0.05) is 49.9 Å². The molecule has 30 heavy (non-hydrogen) atoms. The Morgan fingerprint density at radius 2 is 1.93 bits per heavy atom. The highest BCUT2D eigenvalue weighted by Crippen LogP contribution is 2.32. The van der Waals surface area contributed by atoms with Gasteiger partial charge in [0.25, 0.3) is 0 Å². The molecule has 4 heterocycles. The molecule has 0 N–H and O–H groups in total. The van der Waals surface area contributed by atoms with Gasteiger partial charge in [0.05, 0.1) is 11.4 Å². The molecular formula is C21H26N6O2S. The van der Waals surface area contributed by atoms with Crippen molar-refractivity contribution in [2.24, 2.45) is 7.05 Å². The number of pyridine rings is 1. The van der Waals surface area contributed by atoms with Crippen LogP contribution in [0.5, 0.6) is 0 Å². The van der Waals surface area contributed by atoms with Crippen molar-refractivity contribution in [1.82, 2.24) is 29.6 Å². The molecule has 4 rings (SSSR count). The molecule has 0 amide bonds. The predicted octanol–water partition coefficient (Wildman–Crippen LogP) is 2.36. The topological polar surface area (TPSA) is 93.9 Å². The number of hydrogen-bond donors (Lipinski definition) is 0. The lowest BCUT2D eigenvalue weighted by Gasteiger charge is -2.32. The third-order valence-electron chi connectivity index (χ3n) is 5.56. The molecule has 1 aliphatic heterocycles. The van der Waals surface area contributed by atoms with Crippen molar-refractivity contribution in [3.63, 3.8) is 0 Å². The fraction of sp³-hybridized carbons (Fsp3) is 0.429. The van der Waals surface area contributed by atoms with Crippen LogP contribution in [0.4, 0.5) is 0 Å². The molecule has 0 aromatic carbocycles. The number of aryl methyl sites for hydroxylation is 2. The van der Waals surface area contributed by atoms with Crippen LogP contribution in [0, 0.1) is 6.92 Å². The zero-order valence-electron chi connectivity index (χ0n) is 17.5. The standard InChI is InChI=1S/C21H26N6O2S/c1-15-17(13-26(2)25-15)14-27-10-7-16(8-11-27)20-19(30(3,28)29)12-23-21(24-20)18-6-4-5-9-22-18/h4-6,9,12-13,16H,7-8,10-11,14H2,1-3H3. The summed E-state index contributed by atoms with van der Waals surface area (Å²) in [5, 5.41) is 4.42. The van der Waals surface area contributed by atoms with Crippen LogP contribution >= 0.6 is 0 Å². The molecule has 0 bridgehead atoms. The van der Waals surface area contributed by atoms with E-state index in [2.05, 4.69) is 31.1 Å². The van der Waals surface area contributed by atoms with Gasteiger partial charge in [-0.1, -0.05) is 6.07 Å². The Morgan fingerprint density at radius 1 is 1.17 bits per heavy atom. The fourth-order valence-corrected chi connectivity index (χ4v) is 4.83. The quantitative estimate of drug-likeness (QED) is 0.618. The van der Waals surface area contributed by atoms with Gasteiger partial charge in [0.2, 0.25) is 0 Å². The van der Waals surface area contributed by atoms with Crippen molar-refractivity contribution < 1.29 is 8.42 Å². The molecular weight excluding hydrogens is 400 g/mol. The van der Waals surface area contributed by atoms with Crippen LogP contribution in [0.1, 0.15) is 35.7 Å². The molecule has 0 radical (unpaired) electrons. The van der Waals surface area contributed by atoms with Crippen molar-refractivity contribution in [3.8, 4) is 11.5 Å². The molecule has 9 heteroatoms. The molecule has 1 saturated heterocycles. The number of aromatic nitrogens is 5. The summed E-state index contributed by atoms with van der Waals surface area (Å²) in [6.45, 7) is 4.64. The predicted molar refractivity (Wildman–Crippen MR) is 114 cm³/mol. The summed E-state index contributed by atoms with van der Waals surface area (Å²) in [7, 11) is -1.48. The Labute approximate surface area is 176 Å². The van der Waals surface area contributed by atoms with Gasteiger partial charge in [-0.05, 0) is 45.0 Å². The average molecular weight is 427 g/mol. The maximum absolute atomic E-state index is 12.4. The van der Waals surface area contributed by atoms with Crippen LogP contribution in [0.25, 0.3) is 11.5 Å². The Bertz CT molecular complexity index is 1140. The van der Waals surface area contributed by atoms with Gasteiger partial charge in [-0.25, -0.2) is 18.4 Å². The van der Waals surface area contributed by atoms with Gasteiger partial charge in [0.15, 0.2) is 15.7 Å². The van der Waals surface area contributed by atoms with E-state index in [0.717, 1.165) is 38.2 Å². The van der Waals surface area contributed by atoms with Crippen LogP contribution in [0.15, 0.2) is 41.7 Å². The normalized spacial score (nSPS) is 16.1. The maximum Gasteiger partial charge on any atom is 0.178 e. The Hall–Kier alpha value is -2.65. The van der Waals surface area contributed by atoms with E-state index in [9.17, 15) is 8.42 Å². The van der Waals surface area contributed by atoms with Gasteiger partial charge >= 0.3 is 0 Å². The van der Waals surface area contributed by atoms with E-state index < -0.39 is 9.84 Å². The molecule has 0 saturated carbocycles. The highest BCUT2D eigenvalue weighted by molar-refractivity contribution is 7.90. The first-order valence-electron chi connectivity index (χ1n) is 10.0. The first-order valence-corrected chi connectivity index (χ1v) is 11.9. The summed E-state index contributed by atoms with van der Waals surface area (Å²) >= 11 is 0. The summed E-state index contributed by atoms with van der Waals surface area (Å²) < 4.78 is 26.6. The first-order chi connectivity index (χ1) is 14.3. The van der Waals surface area contributed by atoms with Crippen molar-refractivity contribution in [2.45, 2.75) is 37.1 Å². The van der Waals surface area contributed by atoms with E-state index in [1.54, 1.807) is 6.20 Å². The smallest absolute Gasteiger partial charge is 0.178 e. The lowest BCUT2D eigenvalue weighted by atomic mass is 9.93. The van der Waals surface area contributed by atoms with E-state index >= 15 is 0 Å². The Balaban J connectivity index is 1.56. The van der Waals surface area contributed by atoms with E-state index in [-0.39, 0.29) is 10.8 Å². The molecule has 0 atom stereocenters. The highest BCUT2D eigenvalue weighted by atomic mass is 32.2. The molecule has 0 unspecified atom stereocenters. The van der Waals surface area contributed by atoms with Gasteiger partial charge in [0.1, 0.15) is 10.6 Å². The van der Waals surface area contributed by atoms with Crippen LogP contribution in [0.3, 0.4) is 0 Å². The minimum atomic E-state index is -3.42. The second-order valence-electron chi connectivity index (χ2n) is 7.89. The monoisotopic (exact) mass is 426 g/mol. The zero-order chi connectivity index (χ0) is 21.3. The summed E-state index contributed by atoms with van der Waals surface area (Å²) in [6.07, 6.45) is 8.10. The summed E-state index contributed by atoms with van der Waals surface area (Å²) in [6, 6.07) is 5.53. The highest BCUT2D eigenvalue weighted by Gasteiger charge is 2.28. The molecule has 3 aromatic heterocycles. The molecule has 1 aliphatic rings. The summed E-state index contributed by atoms with van der Waals surface area (Å²) in [5.74, 6) is 0.540. The van der Waals surface area contributed by atoms with E-state index in [0.29, 0.717) is 17.2 Å². The number of piperidine rings is 1. The van der Waals surface area contributed by atoms with Crippen molar-refractivity contribution in [1.29, 1.82) is 0 Å². The second kappa shape index (κ2) is 8.23. The Morgan fingerprint density at radius 3 is 2.53 bits per heavy atom. The summed E-state index contributed by atoms with van der Waals surface area (Å²) in [4.78, 5) is 15.9. The molecule has 8 nitrogen and oxygen atoms in total. The third kappa shape index (κ3) is 4.41. The molecule has 0 spiro atoms. The molecule has 158 valence electrons. The second-order valence-corrected chi connectivity index (χ2v) is 9.88. The van der Waals surface area contributed by atoms with E-state index in [4.69, 9.17) is 0 Å². The lowest BCUT2D eigenvalue weighted by Crippen LogP contribution is -2.33. The lowest BCUT2D eigenvalue weighted by molar-refractivity contribution is 0.202. The van der Waals surface area contributed by atoms with Crippen molar-refractivity contribution in [2.75, 3.05) is 19.3 Å². The fourth-order valence-electron chi connectivity index (χ4n) is 3.99. The van der Waals surface area contributed by atoms with Crippen LogP contribution in [0.2, 0.25) is 0 Å². The maximum atomic E-state index is 12.4. The van der Waals surface area contributed by atoms with Crippen molar-refractivity contribution in [3.05, 3.63) is 53.7 Å². The van der Waals surface area contributed by atoms with Crippen LogP contribution < -0.4 is 0 Å². The van der Waals surface area contributed by atoms with Gasteiger partial charge < -0.3 is 0 Å². The van der Waals surface area contributed by atoms with Gasteiger partial charge in [-0.2, -0.15) is 5.10 Å². The number of sulfone groups is 1. The van der Waals surface area contributed by atoms with Gasteiger partial charge in [-0.3, -0.25) is 14.6 Å². The Kier molecular flexibility index (Phi) is 5.66. The summed E-state index contributed by atoms with van der Waals surface area (Å²) in [5.41, 5.74) is 3.54. The van der Waals surface area contributed by atoms with Gasteiger partial charge in [-0.15, -0.1) is 0 Å². The zero-order valence-corrected chi connectivity index (χ0v) is 18.3.